The number of β-amino-alcohol motifs (C(OH)–C–C–N with tert-alkyl or cyclic N) is 1. The molecule has 2 fully saturated rings. The Hall–Kier alpha value is -1.00. The number of aliphatic hydroxyl groups is 1. The zero-order valence-corrected chi connectivity index (χ0v) is 11.5. The molecule has 1 aromatic rings. The maximum absolute atomic E-state index is 10.7. The number of hydrogen-bond donors (Lipinski definition) is 1. The molecule has 0 spiro atoms. The van der Waals surface area contributed by atoms with Gasteiger partial charge < -0.3 is 5.11 Å². The lowest BCUT2D eigenvalue weighted by Gasteiger charge is -2.37. The molecule has 1 saturated carbocycles. The maximum atomic E-state index is 10.7. The van der Waals surface area contributed by atoms with E-state index in [4.69, 9.17) is 0 Å². The van der Waals surface area contributed by atoms with E-state index in [0.717, 1.165) is 38.0 Å². The minimum absolute atomic E-state index is 0.347. The normalized spacial score (nSPS) is 27.5. The Morgan fingerprint density at radius 1 is 1.21 bits per heavy atom. The average Bonchev–Trinajstić information content (AvgIpc) is 2.88. The summed E-state index contributed by atoms with van der Waals surface area (Å²) in [5.41, 5.74) is 0.586. The van der Waals surface area contributed by atoms with Crippen molar-refractivity contribution in [1.29, 1.82) is 0 Å². The molecule has 1 atom stereocenters. The molecule has 2 heterocycles. The number of aromatic nitrogens is 2. The average molecular weight is 261 g/mol. The first-order chi connectivity index (χ1) is 9.27. The van der Waals surface area contributed by atoms with Crippen LogP contribution >= 0.6 is 0 Å². The highest BCUT2D eigenvalue weighted by Crippen LogP contribution is 2.35. The van der Waals surface area contributed by atoms with Crippen molar-refractivity contribution in [3.63, 3.8) is 0 Å². The van der Waals surface area contributed by atoms with Crippen molar-refractivity contribution in [1.82, 2.24) is 14.9 Å². The van der Waals surface area contributed by atoms with Gasteiger partial charge in [-0.25, -0.2) is 0 Å². The highest BCUT2D eigenvalue weighted by molar-refractivity contribution is 5.06. The molecular formula is C15H23N3O. The molecule has 2 aliphatic rings. The number of likely N-dealkylation sites (tertiary alicyclic amines) is 1. The third-order valence-corrected chi connectivity index (χ3v) is 4.57. The van der Waals surface area contributed by atoms with E-state index in [1.807, 2.05) is 6.20 Å². The second-order valence-electron chi connectivity index (χ2n) is 6.04. The third-order valence-electron chi connectivity index (χ3n) is 4.57. The van der Waals surface area contributed by atoms with Crippen LogP contribution in [-0.4, -0.2) is 38.7 Å². The Balaban J connectivity index is 1.69. The lowest BCUT2D eigenvalue weighted by atomic mass is 9.84. The lowest BCUT2D eigenvalue weighted by Crippen LogP contribution is -2.44. The van der Waals surface area contributed by atoms with E-state index in [1.165, 1.54) is 25.7 Å². The molecule has 1 N–H and O–H groups in total. The molecule has 104 valence electrons. The van der Waals surface area contributed by atoms with Crippen molar-refractivity contribution in [2.45, 2.75) is 56.6 Å². The van der Waals surface area contributed by atoms with Crippen LogP contribution in [0.4, 0.5) is 0 Å². The van der Waals surface area contributed by atoms with Crippen LogP contribution in [-0.2, 0) is 0 Å². The van der Waals surface area contributed by atoms with Gasteiger partial charge in [-0.2, -0.15) is 0 Å². The van der Waals surface area contributed by atoms with Crippen LogP contribution < -0.4 is 0 Å². The van der Waals surface area contributed by atoms with Crippen molar-refractivity contribution in [3.05, 3.63) is 24.3 Å². The van der Waals surface area contributed by atoms with Crippen molar-refractivity contribution < 1.29 is 5.11 Å². The molecular weight excluding hydrogens is 238 g/mol. The predicted molar refractivity (Wildman–Crippen MR) is 73.6 cm³/mol. The van der Waals surface area contributed by atoms with Crippen LogP contribution in [0.5, 0.6) is 0 Å². The summed E-state index contributed by atoms with van der Waals surface area (Å²) in [4.78, 5) is 11.0. The predicted octanol–water partition coefficient (Wildman–Crippen LogP) is 2.31. The summed E-state index contributed by atoms with van der Waals surface area (Å²) in [6, 6.07) is 0.347. The summed E-state index contributed by atoms with van der Waals surface area (Å²) in [6.07, 6.45) is 13.2. The molecule has 1 aliphatic carbocycles. The summed E-state index contributed by atoms with van der Waals surface area (Å²) < 4.78 is 0. The summed E-state index contributed by atoms with van der Waals surface area (Å²) in [5, 5.41) is 10.7. The Bertz CT molecular complexity index is 403. The lowest BCUT2D eigenvalue weighted by molar-refractivity contribution is -0.0295. The third kappa shape index (κ3) is 2.95. The molecule has 0 amide bonds. The van der Waals surface area contributed by atoms with Crippen LogP contribution in [0.25, 0.3) is 0 Å². The molecule has 0 bridgehead atoms. The van der Waals surface area contributed by atoms with Crippen LogP contribution in [0, 0.1) is 0 Å². The monoisotopic (exact) mass is 261 g/mol. The van der Waals surface area contributed by atoms with E-state index in [0.29, 0.717) is 6.04 Å². The molecule has 4 heteroatoms. The topological polar surface area (TPSA) is 49.2 Å². The molecule has 19 heavy (non-hydrogen) atoms. The SMILES string of the molecule is OC1(CN2CCC[C@@H]2c2cnccn2)CCCCC1. The largest absolute Gasteiger partial charge is 0.389 e. The Labute approximate surface area is 114 Å². The summed E-state index contributed by atoms with van der Waals surface area (Å²) >= 11 is 0. The van der Waals surface area contributed by atoms with Gasteiger partial charge >= 0.3 is 0 Å². The van der Waals surface area contributed by atoms with Gasteiger partial charge in [-0.3, -0.25) is 14.9 Å². The fraction of sp³-hybridized carbons (Fsp3) is 0.733. The van der Waals surface area contributed by atoms with Gasteiger partial charge in [0.05, 0.1) is 17.3 Å². The Morgan fingerprint density at radius 2 is 2.05 bits per heavy atom. The molecule has 0 unspecified atom stereocenters. The number of rotatable bonds is 3. The van der Waals surface area contributed by atoms with E-state index in [-0.39, 0.29) is 0 Å². The van der Waals surface area contributed by atoms with Gasteiger partial charge in [0.15, 0.2) is 0 Å². The van der Waals surface area contributed by atoms with Gasteiger partial charge in [0.1, 0.15) is 0 Å². The molecule has 0 radical (unpaired) electrons. The Morgan fingerprint density at radius 3 is 2.79 bits per heavy atom. The molecule has 3 rings (SSSR count). The van der Waals surface area contributed by atoms with Crippen molar-refractivity contribution >= 4 is 0 Å². The van der Waals surface area contributed by atoms with Gasteiger partial charge in [-0.05, 0) is 32.2 Å². The fourth-order valence-corrected chi connectivity index (χ4v) is 3.58. The van der Waals surface area contributed by atoms with Crippen molar-refractivity contribution in [3.8, 4) is 0 Å². The first-order valence-corrected chi connectivity index (χ1v) is 7.49. The standard InChI is InChI=1S/C15H23N3O/c19-15(6-2-1-3-7-15)12-18-10-4-5-14(18)13-11-16-8-9-17-13/h8-9,11,14,19H,1-7,10,12H2/t14-/m1/s1. The smallest absolute Gasteiger partial charge is 0.0774 e. The second-order valence-corrected chi connectivity index (χ2v) is 6.04. The van der Waals surface area contributed by atoms with E-state index >= 15 is 0 Å². The molecule has 4 nitrogen and oxygen atoms in total. The van der Waals surface area contributed by atoms with Crippen LogP contribution in [0.3, 0.4) is 0 Å². The Kier molecular flexibility index (Phi) is 3.80. The van der Waals surface area contributed by atoms with E-state index in [2.05, 4.69) is 14.9 Å². The second kappa shape index (κ2) is 5.55. The van der Waals surface area contributed by atoms with Crippen LogP contribution in [0.1, 0.15) is 56.7 Å². The minimum atomic E-state index is -0.469. The molecule has 1 saturated heterocycles. The maximum Gasteiger partial charge on any atom is 0.0774 e. The summed E-state index contributed by atoms with van der Waals surface area (Å²) in [6.45, 7) is 1.87. The highest BCUT2D eigenvalue weighted by Gasteiger charge is 2.36. The highest BCUT2D eigenvalue weighted by atomic mass is 16.3. The van der Waals surface area contributed by atoms with Crippen molar-refractivity contribution in [2.24, 2.45) is 0 Å². The first-order valence-electron chi connectivity index (χ1n) is 7.49. The van der Waals surface area contributed by atoms with E-state index in [1.54, 1.807) is 12.4 Å². The minimum Gasteiger partial charge on any atom is -0.389 e. The van der Waals surface area contributed by atoms with Gasteiger partial charge in [0, 0.05) is 25.1 Å². The number of nitrogens with zero attached hydrogens (tertiary/aromatic N) is 3. The van der Waals surface area contributed by atoms with Gasteiger partial charge in [-0.1, -0.05) is 19.3 Å². The first kappa shape index (κ1) is 13.0. The quantitative estimate of drug-likeness (QED) is 0.907. The fourth-order valence-electron chi connectivity index (χ4n) is 3.58. The van der Waals surface area contributed by atoms with Gasteiger partial charge in [-0.15, -0.1) is 0 Å². The van der Waals surface area contributed by atoms with Crippen LogP contribution in [0.15, 0.2) is 18.6 Å². The summed E-state index contributed by atoms with van der Waals surface area (Å²) in [7, 11) is 0. The van der Waals surface area contributed by atoms with E-state index < -0.39 is 5.60 Å². The summed E-state index contributed by atoms with van der Waals surface area (Å²) in [5.74, 6) is 0. The molecule has 1 aromatic heterocycles. The van der Waals surface area contributed by atoms with E-state index in [9.17, 15) is 5.11 Å². The van der Waals surface area contributed by atoms with Gasteiger partial charge in [0.25, 0.3) is 0 Å². The zero-order chi connectivity index (χ0) is 13.1. The van der Waals surface area contributed by atoms with Crippen LogP contribution in [0.2, 0.25) is 0 Å². The number of hydrogen-bond acceptors (Lipinski definition) is 4. The molecule has 0 aromatic carbocycles. The van der Waals surface area contributed by atoms with Crippen molar-refractivity contribution in [2.75, 3.05) is 13.1 Å². The van der Waals surface area contributed by atoms with Gasteiger partial charge in [0.2, 0.25) is 0 Å². The zero-order valence-electron chi connectivity index (χ0n) is 11.5. The molecule has 1 aliphatic heterocycles.